The molecule has 5 nitrogen and oxygen atoms in total. The number of benzene rings is 1. The molecule has 0 unspecified atom stereocenters. The molecule has 4 atom stereocenters. The van der Waals surface area contributed by atoms with Gasteiger partial charge in [-0.25, -0.2) is 0 Å². The van der Waals surface area contributed by atoms with Crippen LogP contribution in [0.1, 0.15) is 31.7 Å². The fourth-order valence-corrected chi connectivity index (χ4v) is 4.95. The molecule has 1 saturated carbocycles. The lowest BCUT2D eigenvalue weighted by molar-refractivity contribution is -0.206. The predicted molar refractivity (Wildman–Crippen MR) is 88.8 cm³/mol. The van der Waals surface area contributed by atoms with Crippen LogP contribution in [0.2, 0.25) is 0 Å². The fourth-order valence-electron chi connectivity index (χ4n) is 4.95. The van der Waals surface area contributed by atoms with Crippen molar-refractivity contribution in [1.29, 1.82) is 0 Å². The molecule has 1 aromatic carbocycles. The Balaban J connectivity index is 1.70. The lowest BCUT2D eigenvalue weighted by Crippen LogP contribution is -2.69. The summed E-state index contributed by atoms with van der Waals surface area (Å²) in [4.78, 5) is 28.9. The average molecular weight is 328 g/mol. The number of carbonyl (C=O) groups is 2. The van der Waals surface area contributed by atoms with Crippen LogP contribution in [0.5, 0.6) is 0 Å². The molecule has 0 radical (unpaired) electrons. The van der Waals surface area contributed by atoms with Gasteiger partial charge in [-0.15, -0.1) is 0 Å². The Morgan fingerprint density at radius 1 is 1.21 bits per heavy atom. The molecule has 1 aliphatic carbocycles. The smallest absolute Gasteiger partial charge is 0.223 e. The van der Waals surface area contributed by atoms with Crippen LogP contribution in [0.3, 0.4) is 0 Å². The highest BCUT2D eigenvalue weighted by Crippen LogP contribution is 2.52. The Labute approximate surface area is 142 Å². The van der Waals surface area contributed by atoms with E-state index in [2.05, 4.69) is 0 Å². The first kappa shape index (κ1) is 15.8. The molecule has 4 rings (SSSR count). The second-order valence-electron chi connectivity index (χ2n) is 7.34. The monoisotopic (exact) mass is 328 g/mol. The molecule has 3 fully saturated rings. The number of aliphatic hydroxyl groups is 1. The van der Waals surface area contributed by atoms with Gasteiger partial charge < -0.3 is 10.0 Å². The molecule has 2 saturated heterocycles. The van der Waals surface area contributed by atoms with Gasteiger partial charge in [-0.3, -0.25) is 14.5 Å². The number of piperidine rings is 1. The first-order chi connectivity index (χ1) is 11.6. The second-order valence-corrected chi connectivity index (χ2v) is 7.34. The molecule has 3 aliphatic rings. The molecule has 4 bridgehead atoms. The molecule has 5 heteroatoms. The van der Waals surface area contributed by atoms with Crippen molar-refractivity contribution in [1.82, 2.24) is 9.80 Å². The minimum Gasteiger partial charge on any atom is -0.373 e. The molecule has 128 valence electrons. The summed E-state index contributed by atoms with van der Waals surface area (Å²) in [6.07, 6.45) is 1.41. The van der Waals surface area contributed by atoms with E-state index < -0.39 is 11.8 Å². The average Bonchev–Trinajstić information content (AvgIpc) is 2.79. The highest BCUT2D eigenvalue weighted by molar-refractivity contribution is 5.89. The van der Waals surface area contributed by atoms with Gasteiger partial charge in [0.25, 0.3) is 0 Å². The van der Waals surface area contributed by atoms with Gasteiger partial charge in [-0.2, -0.15) is 0 Å². The summed E-state index contributed by atoms with van der Waals surface area (Å²) in [6, 6.07) is 9.62. The van der Waals surface area contributed by atoms with E-state index in [0.717, 1.165) is 12.0 Å². The van der Waals surface area contributed by atoms with E-state index in [0.29, 0.717) is 19.6 Å². The Bertz CT molecular complexity index is 662. The minimum atomic E-state index is -1.07. The maximum atomic E-state index is 12.6. The van der Waals surface area contributed by atoms with Gasteiger partial charge in [0.05, 0.1) is 6.04 Å². The van der Waals surface area contributed by atoms with Gasteiger partial charge in [0.15, 0.2) is 0 Å². The zero-order valence-corrected chi connectivity index (χ0v) is 14.0. The van der Waals surface area contributed by atoms with E-state index in [9.17, 15) is 14.7 Å². The Morgan fingerprint density at radius 2 is 1.96 bits per heavy atom. The number of likely N-dealkylation sites (tertiary alicyclic amines) is 2. The SMILES string of the molecule is CCCN1C(=O)C[C@@H]2[C@H]3CN(Cc4ccccc4)[C@@]2(O)[C@@H]1CC3=O. The first-order valence-corrected chi connectivity index (χ1v) is 8.89. The number of hydrogen-bond donors (Lipinski definition) is 1. The summed E-state index contributed by atoms with van der Waals surface area (Å²) in [6.45, 7) is 3.80. The van der Waals surface area contributed by atoms with Crippen molar-refractivity contribution in [2.75, 3.05) is 13.1 Å². The van der Waals surface area contributed by atoms with E-state index in [4.69, 9.17) is 0 Å². The molecule has 1 aromatic rings. The number of rotatable bonds is 4. The highest BCUT2D eigenvalue weighted by Gasteiger charge is 2.66. The third-order valence-electron chi connectivity index (χ3n) is 6.03. The van der Waals surface area contributed by atoms with Crippen molar-refractivity contribution >= 4 is 11.7 Å². The van der Waals surface area contributed by atoms with Crippen LogP contribution in [0.15, 0.2) is 30.3 Å². The summed E-state index contributed by atoms with van der Waals surface area (Å²) in [5, 5.41) is 11.6. The first-order valence-electron chi connectivity index (χ1n) is 8.89. The quantitative estimate of drug-likeness (QED) is 0.908. The van der Waals surface area contributed by atoms with E-state index >= 15 is 0 Å². The molecule has 1 amide bonds. The summed E-state index contributed by atoms with van der Waals surface area (Å²) >= 11 is 0. The van der Waals surface area contributed by atoms with Crippen molar-refractivity contribution in [2.24, 2.45) is 11.8 Å². The lowest BCUT2D eigenvalue weighted by Gasteiger charge is -2.53. The summed E-state index contributed by atoms with van der Waals surface area (Å²) in [5.74, 6) is -0.162. The third kappa shape index (κ3) is 2.15. The number of nitrogens with zero attached hydrogens (tertiary/aromatic N) is 2. The summed E-state index contributed by atoms with van der Waals surface area (Å²) in [5.41, 5.74) is 0.0506. The Morgan fingerprint density at radius 3 is 2.67 bits per heavy atom. The standard InChI is InChI=1S/C19H24N2O3/c1-2-8-21-17-10-16(22)14-12-20(11-13-6-4-3-5-7-13)19(17,24)15(14)9-18(21)23/h3-7,14-15,17,24H,2,8-12H2,1H3/t14-,15-,17+,19+/m1/s1. The molecule has 2 aliphatic heterocycles. The van der Waals surface area contributed by atoms with Crippen molar-refractivity contribution in [3.63, 3.8) is 0 Å². The molecule has 0 spiro atoms. The Kier molecular flexibility index (Phi) is 3.73. The van der Waals surface area contributed by atoms with Crippen molar-refractivity contribution < 1.29 is 14.7 Å². The van der Waals surface area contributed by atoms with Crippen LogP contribution in [0, 0.1) is 11.8 Å². The molecule has 1 N–H and O–H groups in total. The van der Waals surface area contributed by atoms with E-state index in [1.807, 2.05) is 42.2 Å². The zero-order chi connectivity index (χ0) is 16.9. The van der Waals surface area contributed by atoms with Gasteiger partial charge in [0.1, 0.15) is 11.5 Å². The topological polar surface area (TPSA) is 60.9 Å². The van der Waals surface area contributed by atoms with Crippen LogP contribution >= 0.6 is 0 Å². The molecule has 0 aromatic heterocycles. The van der Waals surface area contributed by atoms with Crippen LogP contribution in [0.4, 0.5) is 0 Å². The molecule has 2 heterocycles. The minimum absolute atomic E-state index is 0.0931. The van der Waals surface area contributed by atoms with Gasteiger partial charge in [-0.1, -0.05) is 37.3 Å². The Hall–Kier alpha value is -1.72. The predicted octanol–water partition coefficient (Wildman–Crippen LogP) is 1.41. The van der Waals surface area contributed by atoms with E-state index in [-0.39, 0.29) is 36.4 Å². The van der Waals surface area contributed by atoms with Gasteiger partial charge in [-0.05, 0) is 12.0 Å². The number of Topliss-reactive ketones (excluding diaryl/α,β-unsaturated/α-hetero) is 1. The molecular weight excluding hydrogens is 304 g/mol. The molecule has 24 heavy (non-hydrogen) atoms. The second kappa shape index (κ2) is 5.67. The normalized spacial score (nSPS) is 35.6. The number of hydrogen-bond acceptors (Lipinski definition) is 4. The summed E-state index contributed by atoms with van der Waals surface area (Å²) in [7, 11) is 0. The van der Waals surface area contributed by atoms with Gasteiger partial charge in [0.2, 0.25) is 5.91 Å². The van der Waals surface area contributed by atoms with Crippen molar-refractivity contribution in [3.8, 4) is 0 Å². The zero-order valence-electron chi connectivity index (χ0n) is 14.0. The van der Waals surface area contributed by atoms with Crippen LogP contribution in [-0.2, 0) is 16.1 Å². The van der Waals surface area contributed by atoms with Crippen molar-refractivity contribution in [2.45, 2.75) is 44.5 Å². The lowest BCUT2D eigenvalue weighted by atomic mass is 9.68. The number of amides is 1. The van der Waals surface area contributed by atoms with E-state index in [1.165, 1.54) is 0 Å². The van der Waals surface area contributed by atoms with Crippen LogP contribution in [0.25, 0.3) is 0 Å². The number of ketones is 1. The number of carbonyl (C=O) groups excluding carboxylic acids is 2. The van der Waals surface area contributed by atoms with Crippen LogP contribution < -0.4 is 0 Å². The summed E-state index contributed by atoms with van der Waals surface area (Å²) < 4.78 is 0. The fraction of sp³-hybridized carbons (Fsp3) is 0.579. The highest BCUT2D eigenvalue weighted by atomic mass is 16.3. The maximum absolute atomic E-state index is 12.6. The van der Waals surface area contributed by atoms with E-state index in [1.54, 1.807) is 4.90 Å². The molecular formula is C19H24N2O3. The van der Waals surface area contributed by atoms with Gasteiger partial charge >= 0.3 is 0 Å². The maximum Gasteiger partial charge on any atom is 0.223 e. The third-order valence-corrected chi connectivity index (χ3v) is 6.03. The largest absolute Gasteiger partial charge is 0.373 e. The van der Waals surface area contributed by atoms with Gasteiger partial charge in [0, 0.05) is 44.3 Å². The van der Waals surface area contributed by atoms with Crippen molar-refractivity contribution in [3.05, 3.63) is 35.9 Å². The van der Waals surface area contributed by atoms with Crippen LogP contribution in [-0.4, -0.2) is 51.5 Å².